The Bertz CT molecular complexity index is 867. The summed E-state index contributed by atoms with van der Waals surface area (Å²) in [6.07, 6.45) is 5.14. The van der Waals surface area contributed by atoms with Crippen LogP contribution in [-0.4, -0.2) is 31.8 Å². The fraction of sp³-hybridized carbons (Fsp3) is 0.200. The van der Waals surface area contributed by atoms with E-state index in [-0.39, 0.29) is 11.1 Å². The number of hydrogen-bond donors (Lipinski definition) is 1. The lowest BCUT2D eigenvalue weighted by Crippen LogP contribution is -2.33. The fourth-order valence-electron chi connectivity index (χ4n) is 2.27. The third-order valence-corrected chi connectivity index (χ3v) is 3.39. The number of nitrogens with one attached hydrogen (secondary N) is 1. The molecule has 112 valence electrons. The third kappa shape index (κ3) is 2.60. The van der Waals surface area contributed by atoms with Gasteiger partial charge in [-0.2, -0.15) is 5.10 Å². The highest BCUT2D eigenvalue weighted by molar-refractivity contribution is 5.95. The SMILES string of the molecule is Cn1nc(C(=O)NCCn2ccnc2)c(=O)c2ccccc21. The van der Waals surface area contributed by atoms with Gasteiger partial charge in [-0.25, -0.2) is 4.98 Å². The van der Waals surface area contributed by atoms with Crippen LogP contribution in [0.5, 0.6) is 0 Å². The second-order valence-electron chi connectivity index (χ2n) is 4.87. The van der Waals surface area contributed by atoms with Crippen LogP contribution in [0.1, 0.15) is 10.5 Å². The number of aryl methyl sites for hydroxylation is 1. The Labute approximate surface area is 126 Å². The summed E-state index contributed by atoms with van der Waals surface area (Å²) in [5.41, 5.74) is 0.253. The molecule has 0 atom stereocenters. The molecule has 2 heterocycles. The van der Waals surface area contributed by atoms with Crippen molar-refractivity contribution in [2.75, 3.05) is 6.54 Å². The smallest absolute Gasteiger partial charge is 0.275 e. The summed E-state index contributed by atoms with van der Waals surface area (Å²) in [4.78, 5) is 28.5. The lowest BCUT2D eigenvalue weighted by Gasteiger charge is -2.08. The molecule has 1 N–H and O–H groups in total. The zero-order chi connectivity index (χ0) is 15.5. The van der Waals surface area contributed by atoms with Gasteiger partial charge in [0, 0.05) is 37.9 Å². The van der Waals surface area contributed by atoms with E-state index in [0.717, 1.165) is 0 Å². The van der Waals surface area contributed by atoms with Crippen LogP contribution in [-0.2, 0) is 13.6 Å². The van der Waals surface area contributed by atoms with Crippen LogP contribution < -0.4 is 10.7 Å². The zero-order valence-corrected chi connectivity index (χ0v) is 12.1. The molecule has 0 spiro atoms. The van der Waals surface area contributed by atoms with Gasteiger partial charge < -0.3 is 9.88 Å². The number of imidazole rings is 1. The van der Waals surface area contributed by atoms with Crippen molar-refractivity contribution in [2.45, 2.75) is 6.54 Å². The van der Waals surface area contributed by atoms with Gasteiger partial charge in [-0.3, -0.25) is 14.3 Å². The van der Waals surface area contributed by atoms with Crippen LogP contribution in [0, 0.1) is 0 Å². The first-order chi connectivity index (χ1) is 10.7. The molecule has 0 fully saturated rings. The molecule has 3 aromatic rings. The van der Waals surface area contributed by atoms with Gasteiger partial charge in [-0.15, -0.1) is 0 Å². The number of rotatable bonds is 4. The summed E-state index contributed by atoms with van der Waals surface area (Å²) in [6, 6.07) is 7.09. The van der Waals surface area contributed by atoms with Crippen molar-refractivity contribution in [3.63, 3.8) is 0 Å². The first kappa shape index (κ1) is 14.0. The van der Waals surface area contributed by atoms with Crippen LogP contribution in [0.4, 0.5) is 0 Å². The average molecular weight is 297 g/mol. The predicted molar refractivity (Wildman–Crippen MR) is 81.5 cm³/mol. The van der Waals surface area contributed by atoms with Gasteiger partial charge in [0.2, 0.25) is 5.43 Å². The van der Waals surface area contributed by atoms with Crippen LogP contribution >= 0.6 is 0 Å². The van der Waals surface area contributed by atoms with Crippen molar-refractivity contribution in [1.82, 2.24) is 24.6 Å². The molecule has 22 heavy (non-hydrogen) atoms. The monoisotopic (exact) mass is 297 g/mol. The van der Waals surface area contributed by atoms with Crippen LogP contribution in [0.15, 0.2) is 47.8 Å². The molecule has 0 aliphatic carbocycles. The highest BCUT2D eigenvalue weighted by Gasteiger charge is 2.15. The minimum atomic E-state index is -0.466. The van der Waals surface area contributed by atoms with Crippen molar-refractivity contribution >= 4 is 16.8 Å². The summed E-state index contributed by atoms with van der Waals surface area (Å²) >= 11 is 0. The van der Waals surface area contributed by atoms with Crippen LogP contribution in [0.25, 0.3) is 10.9 Å². The molecule has 0 bridgehead atoms. The van der Waals surface area contributed by atoms with Crippen LogP contribution in [0.2, 0.25) is 0 Å². The first-order valence-corrected chi connectivity index (χ1v) is 6.87. The van der Waals surface area contributed by atoms with Gasteiger partial charge in [-0.05, 0) is 12.1 Å². The molecule has 0 aliphatic heterocycles. The maximum absolute atomic E-state index is 12.4. The molecule has 1 aromatic carbocycles. The fourth-order valence-corrected chi connectivity index (χ4v) is 2.27. The molecule has 7 heteroatoms. The number of para-hydroxylation sites is 1. The van der Waals surface area contributed by atoms with Gasteiger partial charge in [0.25, 0.3) is 5.91 Å². The molecule has 0 aliphatic rings. The van der Waals surface area contributed by atoms with E-state index in [1.807, 2.05) is 10.6 Å². The molecular weight excluding hydrogens is 282 g/mol. The van der Waals surface area contributed by atoms with E-state index in [0.29, 0.717) is 24.0 Å². The molecule has 7 nitrogen and oxygen atoms in total. The Balaban J connectivity index is 1.82. The highest BCUT2D eigenvalue weighted by atomic mass is 16.2. The lowest BCUT2D eigenvalue weighted by molar-refractivity contribution is 0.0944. The topological polar surface area (TPSA) is 81.8 Å². The molecule has 2 aromatic heterocycles. The van der Waals surface area contributed by atoms with Gasteiger partial charge >= 0.3 is 0 Å². The quantitative estimate of drug-likeness (QED) is 0.763. The van der Waals surface area contributed by atoms with E-state index in [2.05, 4.69) is 15.4 Å². The second-order valence-corrected chi connectivity index (χ2v) is 4.87. The molecule has 1 amide bonds. The Morgan fingerprint density at radius 1 is 1.32 bits per heavy atom. The molecule has 0 unspecified atom stereocenters. The molecule has 0 saturated carbocycles. The van der Waals surface area contributed by atoms with Gasteiger partial charge in [0.1, 0.15) is 0 Å². The van der Waals surface area contributed by atoms with E-state index in [4.69, 9.17) is 0 Å². The first-order valence-electron chi connectivity index (χ1n) is 6.87. The standard InChI is InChI=1S/C15H15N5O2/c1-19-12-5-3-2-4-11(12)14(21)13(18-19)15(22)17-7-9-20-8-6-16-10-20/h2-6,8,10H,7,9H2,1H3,(H,17,22). The lowest BCUT2D eigenvalue weighted by atomic mass is 10.2. The number of aromatic nitrogens is 4. The minimum Gasteiger partial charge on any atom is -0.349 e. The van der Waals surface area contributed by atoms with E-state index in [1.54, 1.807) is 48.6 Å². The molecule has 0 radical (unpaired) electrons. The van der Waals surface area contributed by atoms with Crippen molar-refractivity contribution in [3.8, 4) is 0 Å². The summed E-state index contributed by atoms with van der Waals surface area (Å²) in [5, 5.41) is 7.28. The zero-order valence-electron chi connectivity index (χ0n) is 12.1. The molecular formula is C15H15N5O2. The van der Waals surface area contributed by atoms with Gasteiger partial charge in [0.15, 0.2) is 5.69 Å². The van der Waals surface area contributed by atoms with Crippen molar-refractivity contribution in [1.29, 1.82) is 0 Å². The van der Waals surface area contributed by atoms with E-state index < -0.39 is 5.91 Å². The number of benzene rings is 1. The molecule has 0 saturated heterocycles. The summed E-state index contributed by atoms with van der Waals surface area (Å²) < 4.78 is 3.38. The number of nitrogens with zero attached hydrogens (tertiary/aromatic N) is 4. The third-order valence-electron chi connectivity index (χ3n) is 3.39. The van der Waals surface area contributed by atoms with Crippen molar-refractivity contribution in [3.05, 3.63) is 58.9 Å². The number of carbonyl (C=O) groups excluding carboxylic acids is 1. The number of carbonyl (C=O) groups is 1. The Kier molecular flexibility index (Phi) is 3.69. The minimum absolute atomic E-state index is 0.0909. The van der Waals surface area contributed by atoms with Crippen molar-refractivity contribution < 1.29 is 4.79 Å². The van der Waals surface area contributed by atoms with Crippen molar-refractivity contribution in [2.24, 2.45) is 7.05 Å². The maximum Gasteiger partial charge on any atom is 0.275 e. The summed E-state index contributed by atoms with van der Waals surface area (Å²) in [6.45, 7) is 0.979. The summed E-state index contributed by atoms with van der Waals surface area (Å²) in [5.74, 6) is -0.466. The summed E-state index contributed by atoms with van der Waals surface area (Å²) in [7, 11) is 1.71. The number of fused-ring (bicyclic) bond motifs is 1. The molecule has 3 rings (SSSR count). The number of hydrogen-bond acceptors (Lipinski definition) is 4. The van der Waals surface area contributed by atoms with Crippen LogP contribution in [0.3, 0.4) is 0 Å². The Hall–Kier alpha value is -2.96. The normalized spacial score (nSPS) is 10.8. The van der Waals surface area contributed by atoms with E-state index in [9.17, 15) is 9.59 Å². The van der Waals surface area contributed by atoms with E-state index >= 15 is 0 Å². The predicted octanol–water partition coefficient (Wildman–Crippen LogP) is 0.560. The van der Waals surface area contributed by atoms with Gasteiger partial charge in [-0.1, -0.05) is 12.1 Å². The maximum atomic E-state index is 12.4. The van der Waals surface area contributed by atoms with Gasteiger partial charge in [0.05, 0.1) is 11.8 Å². The second kappa shape index (κ2) is 5.80. The Morgan fingerprint density at radius 3 is 2.91 bits per heavy atom. The number of amides is 1. The highest BCUT2D eigenvalue weighted by Crippen LogP contribution is 2.07. The largest absolute Gasteiger partial charge is 0.349 e. The van der Waals surface area contributed by atoms with E-state index in [1.165, 1.54) is 0 Å². The average Bonchev–Trinajstić information content (AvgIpc) is 3.04. The Morgan fingerprint density at radius 2 is 2.14 bits per heavy atom.